The molecule has 0 bridgehead atoms. The number of morpholine rings is 1. The Morgan fingerprint density at radius 2 is 2.32 bits per heavy atom. The summed E-state index contributed by atoms with van der Waals surface area (Å²) in [6.45, 7) is 4.24. The maximum Gasteiger partial charge on any atom is 0.308 e. The summed E-state index contributed by atoms with van der Waals surface area (Å²) in [5.74, 6) is -0.690. The first-order chi connectivity index (χ1) is 10.6. The minimum absolute atomic E-state index is 0.309. The van der Waals surface area contributed by atoms with Crippen molar-refractivity contribution in [2.24, 2.45) is 5.92 Å². The number of rotatable bonds is 5. The van der Waals surface area contributed by atoms with E-state index in [1.54, 1.807) is 19.3 Å². The molecule has 2 heterocycles. The lowest BCUT2D eigenvalue weighted by atomic mass is 9.81. The van der Waals surface area contributed by atoms with Crippen molar-refractivity contribution >= 4 is 5.97 Å². The van der Waals surface area contributed by atoms with Gasteiger partial charge in [-0.15, -0.1) is 0 Å². The Labute approximate surface area is 130 Å². The van der Waals surface area contributed by atoms with Crippen molar-refractivity contribution < 1.29 is 14.3 Å². The highest BCUT2D eigenvalue weighted by Crippen LogP contribution is 2.35. The van der Waals surface area contributed by atoms with Crippen LogP contribution in [0.3, 0.4) is 0 Å². The molecule has 1 aliphatic rings. The van der Waals surface area contributed by atoms with Gasteiger partial charge in [-0.1, -0.05) is 13.0 Å². The number of hydrogen-bond donors (Lipinski definition) is 0. The number of carbonyl (C=O) groups is 1. The summed E-state index contributed by atoms with van der Waals surface area (Å²) in [6.07, 6.45) is 3.74. The average Bonchev–Trinajstić information content (AvgIpc) is 2.60. The van der Waals surface area contributed by atoms with E-state index < -0.39 is 5.54 Å². The van der Waals surface area contributed by atoms with E-state index in [0.717, 1.165) is 5.56 Å². The van der Waals surface area contributed by atoms with Crippen molar-refractivity contribution in [3.63, 3.8) is 0 Å². The molecule has 0 N–H and O–H groups in total. The molecule has 0 amide bonds. The van der Waals surface area contributed by atoms with Gasteiger partial charge in [0.15, 0.2) is 0 Å². The molecule has 1 fully saturated rings. The molecular formula is C16H21N3O3. The van der Waals surface area contributed by atoms with E-state index in [-0.39, 0.29) is 11.9 Å². The Morgan fingerprint density at radius 1 is 1.59 bits per heavy atom. The Kier molecular flexibility index (Phi) is 5.47. The number of nitrogens with zero attached hydrogens (tertiary/aromatic N) is 3. The zero-order valence-corrected chi connectivity index (χ0v) is 13.0. The molecule has 1 saturated heterocycles. The van der Waals surface area contributed by atoms with Gasteiger partial charge in [0.2, 0.25) is 0 Å². The standard InChI is InChI=1S/C16H21N3O3/c1-13(15(20)21-2)10-16(12-17,14-4-3-5-18-11-14)19-6-8-22-9-7-19/h3-5,11,13H,6-10H2,1-2H3. The zero-order valence-electron chi connectivity index (χ0n) is 13.0. The van der Waals surface area contributed by atoms with E-state index in [1.165, 1.54) is 7.11 Å². The Bertz CT molecular complexity index is 537. The summed E-state index contributed by atoms with van der Waals surface area (Å²) < 4.78 is 10.2. The second kappa shape index (κ2) is 7.34. The molecule has 0 spiro atoms. The van der Waals surface area contributed by atoms with Crippen LogP contribution in [0.1, 0.15) is 18.9 Å². The fraction of sp³-hybridized carbons (Fsp3) is 0.562. The molecule has 22 heavy (non-hydrogen) atoms. The van der Waals surface area contributed by atoms with Crippen LogP contribution in [0.5, 0.6) is 0 Å². The van der Waals surface area contributed by atoms with Crippen LogP contribution >= 0.6 is 0 Å². The predicted octanol–water partition coefficient (Wildman–Crippen LogP) is 1.33. The third kappa shape index (κ3) is 3.26. The molecule has 2 atom stereocenters. The van der Waals surface area contributed by atoms with Crippen molar-refractivity contribution in [3.05, 3.63) is 30.1 Å². The third-order valence-electron chi connectivity index (χ3n) is 4.08. The molecule has 0 aromatic carbocycles. The van der Waals surface area contributed by atoms with E-state index in [2.05, 4.69) is 16.0 Å². The van der Waals surface area contributed by atoms with Crippen LogP contribution in [0.25, 0.3) is 0 Å². The normalized spacial score (nSPS) is 19.7. The highest BCUT2D eigenvalue weighted by molar-refractivity contribution is 5.72. The second-order valence-corrected chi connectivity index (χ2v) is 5.44. The summed E-state index contributed by atoms with van der Waals surface area (Å²) in [4.78, 5) is 18.0. The number of methoxy groups -OCH3 is 1. The molecule has 0 aliphatic carbocycles. The molecule has 2 rings (SSSR count). The van der Waals surface area contributed by atoms with Crippen LogP contribution in [-0.2, 0) is 19.8 Å². The lowest BCUT2D eigenvalue weighted by Gasteiger charge is -2.42. The largest absolute Gasteiger partial charge is 0.469 e. The Hall–Kier alpha value is -1.97. The van der Waals surface area contributed by atoms with Crippen molar-refractivity contribution in [2.75, 3.05) is 33.4 Å². The number of aromatic nitrogens is 1. The quantitative estimate of drug-likeness (QED) is 0.764. The highest BCUT2D eigenvalue weighted by Gasteiger charge is 2.42. The van der Waals surface area contributed by atoms with Gasteiger partial charge in [-0.3, -0.25) is 14.7 Å². The van der Waals surface area contributed by atoms with E-state index in [0.29, 0.717) is 32.7 Å². The van der Waals surface area contributed by atoms with Crippen LogP contribution in [0.15, 0.2) is 24.5 Å². The van der Waals surface area contributed by atoms with Crippen LogP contribution in [0.4, 0.5) is 0 Å². The molecule has 1 aliphatic heterocycles. The lowest BCUT2D eigenvalue weighted by Crippen LogP contribution is -2.52. The summed E-state index contributed by atoms with van der Waals surface area (Å²) >= 11 is 0. The van der Waals surface area contributed by atoms with Gasteiger partial charge in [0, 0.05) is 31.0 Å². The van der Waals surface area contributed by atoms with Gasteiger partial charge in [0.05, 0.1) is 32.3 Å². The van der Waals surface area contributed by atoms with Gasteiger partial charge in [-0.05, 0) is 12.5 Å². The molecule has 0 radical (unpaired) electrons. The summed E-state index contributed by atoms with van der Waals surface area (Å²) in [5.41, 5.74) is -0.0961. The Balaban J connectivity index is 2.38. The topological polar surface area (TPSA) is 75.5 Å². The van der Waals surface area contributed by atoms with E-state index in [1.807, 2.05) is 12.1 Å². The molecule has 1 aromatic rings. The number of pyridine rings is 1. The van der Waals surface area contributed by atoms with Gasteiger partial charge in [-0.25, -0.2) is 0 Å². The maximum atomic E-state index is 11.8. The van der Waals surface area contributed by atoms with Crippen LogP contribution in [-0.4, -0.2) is 49.3 Å². The molecule has 0 saturated carbocycles. The number of esters is 1. The minimum Gasteiger partial charge on any atom is -0.469 e. The monoisotopic (exact) mass is 303 g/mol. The fourth-order valence-electron chi connectivity index (χ4n) is 2.89. The van der Waals surface area contributed by atoms with Crippen molar-refractivity contribution in [2.45, 2.75) is 18.9 Å². The minimum atomic E-state index is -0.897. The van der Waals surface area contributed by atoms with Crippen LogP contribution < -0.4 is 0 Å². The number of ether oxygens (including phenoxy) is 2. The lowest BCUT2D eigenvalue weighted by molar-refractivity contribution is -0.146. The predicted molar refractivity (Wildman–Crippen MR) is 79.7 cm³/mol. The third-order valence-corrected chi connectivity index (χ3v) is 4.08. The molecular weight excluding hydrogens is 282 g/mol. The van der Waals surface area contributed by atoms with Crippen molar-refractivity contribution in [1.82, 2.24) is 9.88 Å². The molecule has 118 valence electrons. The summed E-state index contributed by atoms with van der Waals surface area (Å²) in [5, 5.41) is 9.97. The van der Waals surface area contributed by atoms with E-state index in [4.69, 9.17) is 9.47 Å². The second-order valence-electron chi connectivity index (χ2n) is 5.44. The number of nitriles is 1. The van der Waals surface area contributed by atoms with Gasteiger partial charge < -0.3 is 9.47 Å². The fourth-order valence-corrected chi connectivity index (χ4v) is 2.89. The van der Waals surface area contributed by atoms with Crippen LogP contribution in [0, 0.1) is 17.2 Å². The van der Waals surface area contributed by atoms with Crippen LogP contribution in [0.2, 0.25) is 0 Å². The van der Waals surface area contributed by atoms with Crippen molar-refractivity contribution in [3.8, 4) is 6.07 Å². The van der Waals surface area contributed by atoms with Gasteiger partial charge in [0.25, 0.3) is 0 Å². The first-order valence-corrected chi connectivity index (χ1v) is 7.36. The first-order valence-electron chi connectivity index (χ1n) is 7.36. The first kappa shape index (κ1) is 16.4. The average molecular weight is 303 g/mol. The Morgan fingerprint density at radius 3 is 2.86 bits per heavy atom. The van der Waals surface area contributed by atoms with Gasteiger partial charge in [-0.2, -0.15) is 5.26 Å². The number of hydrogen-bond acceptors (Lipinski definition) is 6. The van der Waals surface area contributed by atoms with Gasteiger partial charge >= 0.3 is 5.97 Å². The molecule has 1 aromatic heterocycles. The number of carbonyl (C=O) groups excluding carboxylic acids is 1. The molecule has 6 heteroatoms. The smallest absolute Gasteiger partial charge is 0.308 e. The van der Waals surface area contributed by atoms with Gasteiger partial charge in [0.1, 0.15) is 5.54 Å². The van der Waals surface area contributed by atoms with E-state index in [9.17, 15) is 10.1 Å². The molecule has 6 nitrogen and oxygen atoms in total. The highest BCUT2D eigenvalue weighted by atomic mass is 16.5. The summed E-state index contributed by atoms with van der Waals surface area (Å²) in [6, 6.07) is 6.13. The molecule has 2 unspecified atom stereocenters. The zero-order chi connectivity index (χ0) is 16.0. The maximum absolute atomic E-state index is 11.8. The van der Waals surface area contributed by atoms with Crippen molar-refractivity contribution in [1.29, 1.82) is 5.26 Å². The van der Waals surface area contributed by atoms with E-state index >= 15 is 0 Å². The summed E-state index contributed by atoms with van der Waals surface area (Å²) in [7, 11) is 1.37. The SMILES string of the molecule is COC(=O)C(C)CC(C#N)(c1cccnc1)N1CCOCC1.